The van der Waals surface area contributed by atoms with Gasteiger partial charge in [-0.05, 0) is 36.6 Å². The highest BCUT2D eigenvalue weighted by molar-refractivity contribution is 5.37. The molecule has 0 saturated carbocycles. The monoisotopic (exact) mass is 260 g/mol. The van der Waals surface area contributed by atoms with Crippen molar-refractivity contribution in [2.24, 2.45) is 0 Å². The van der Waals surface area contributed by atoms with Gasteiger partial charge < -0.3 is 10.1 Å². The number of rotatable bonds is 7. The Morgan fingerprint density at radius 3 is 2.68 bits per heavy atom. The molecule has 1 rings (SSSR count). The molecule has 0 aliphatic rings. The summed E-state index contributed by atoms with van der Waals surface area (Å²) in [6, 6.07) is 8.46. The van der Waals surface area contributed by atoms with Crippen molar-refractivity contribution in [2.45, 2.75) is 46.1 Å². The molecule has 0 radical (unpaired) electrons. The molecule has 0 aliphatic heterocycles. The SMILES string of the molecule is CCNC(C#N)CCOc1cc(C(C)C)ccc1C. The quantitative estimate of drug-likeness (QED) is 0.817. The van der Waals surface area contributed by atoms with Crippen molar-refractivity contribution in [3.8, 4) is 11.8 Å². The van der Waals surface area contributed by atoms with Crippen LogP contribution in [0.15, 0.2) is 18.2 Å². The number of nitriles is 1. The number of nitrogens with one attached hydrogen (secondary N) is 1. The first-order chi connectivity index (χ1) is 9.08. The molecule has 0 saturated heterocycles. The third-order valence-corrected chi connectivity index (χ3v) is 3.15. The molecule has 0 aliphatic carbocycles. The van der Waals surface area contributed by atoms with Crippen molar-refractivity contribution in [3.05, 3.63) is 29.3 Å². The first kappa shape index (κ1) is 15.5. The molecule has 0 bridgehead atoms. The van der Waals surface area contributed by atoms with E-state index in [-0.39, 0.29) is 6.04 Å². The number of nitrogens with zero attached hydrogens (tertiary/aromatic N) is 1. The lowest BCUT2D eigenvalue weighted by Gasteiger charge is -2.14. The zero-order valence-electron chi connectivity index (χ0n) is 12.4. The molecule has 3 nitrogen and oxygen atoms in total. The maximum absolute atomic E-state index is 8.96. The van der Waals surface area contributed by atoms with Crippen molar-refractivity contribution >= 4 is 0 Å². The Hall–Kier alpha value is -1.53. The average Bonchev–Trinajstić information content (AvgIpc) is 2.39. The zero-order chi connectivity index (χ0) is 14.3. The lowest BCUT2D eigenvalue weighted by molar-refractivity contribution is 0.296. The number of hydrogen-bond acceptors (Lipinski definition) is 3. The molecule has 0 fully saturated rings. The van der Waals surface area contributed by atoms with E-state index in [1.54, 1.807) is 0 Å². The van der Waals surface area contributed by atoms with E-state index in [1.807, 2.05) is 13.8 Å². The van der Waals surface area contributed by atoms with Gasteiger partial charge in [-0.15, -0.1) is 0 Å². The Morgan fingerprint density at radius 2 is 2.11 bits per heavy atom. The first-order valence-electron chi connectivity index (χ1n) is 6.94. The van der Waals surface area contributed by atoms with Gasteiger partial charge in [0.2, 0.25) is 0 Å². The van der Waals surface area contributed by atoms with E-state index in [1.165, 1.54) is 5.56 Å². The predicted octanol–water partition coefficient (Wildman–Crippen LogP) is 3.39. The lowest BCUT2D eigenvalue weighted by atomic mass is 10.0. The average molecular weight is 260 g/mol. The minimum absolute atomic E-state index is 0.126. The van der Waals surface area contributed by atoms with Crippen molar-refractivity contribution in [1.29, 1.82) is 5.26 Å². The maximum atomic E-state index is 8.96. The third-order valence-electron chi connectivity index (χ3n) is 3.15. The fourth-order valence-electron chi connectivity index (χ4n) is 1.88. The van der Waals surface area contributed by atoms with Crippen LogP contribution in [-0.2, 0) is 0 Å². The Bertz CT molecular complexity index is 435. The molecule has 1 unspecified atom stereocenters. The highest BCUT2D eigenvalue weighted by atomic mass is 16.5. The minimum atomic E-state index is -0.126. The van der Waals surface area contributed by atoms with Crippen LogP contribution < -0.4 is 10.1 Å². The molecule has 1 atom stereocenters. The van der Waals surface area contributed by atoms with Crippen LogP contribution in [0, 0.1) is 18.3 Å². The van der Waals surface area contributed by atoms with Crippen molar-refractivity contribution in [1.82, 2.24) is 5.32 Å². The molecule has 1 aromatic rings. The van der Waals surface area contributed by atoms with E-state index in [0.29, 0.717) is 18.9 Å². The molecular formula is C16H24N2O. The van der Waals surface area contributed by atoms with Crippen LogP contribution in [0.5, 0.6) is 5.75 Å². The van der Waals surface area contributed by atoms with Gasteiger partial charge in [-0.2, -0.15) is 5.26 Å². The summed E-state index contributed by atoms with van der Waals surface area (Å²) in [4.78, 5) is 0. The van der Waals surface area contributed by atoms with Crippen LogP contribution in [0.1, 0.15) is 44.2 Å². The summed E-state index contributed by atoms with van der Waals surface area (Å²) in [7, 11) is 0. The third kappa shape index (κ3) is 4.92. The van der Waals surface area contributed by atoms with E-state index in [0.717, 1.165) is 17.9 Å². The molecule has 19 heavy (non-hydrogen) atoms. The summed E-state index contributed by atoms with van der Waals surface area (Å²) in [5.41, 5.74) is 2.42. The molecular weight excluding hydrogens is 236 g/mol. The van der Waals surface area contributed by atoms with E-state index in [9.17, 15) is 0 Å². The van der Waals surface area contributed by atoms with Gasteiger partial charge >= 0.3 is 0 Å². The molecule has 0 heterocycles. The summed E-state index contributed by atoms with van der Waals surface area (Å²) in [5, 5.41) is 12.1. The molecule has 1 aromatic carbocycles. The van der Waals surface area contributed by atoms with Crippen LogP contribution in [0.4, 0.5) is 0 Å². The Morgan fingerprint density at radius 1 is 1.37 bits per heavy atom. The fraction of sp³-hybridized carbons (Fsp3) is 0.562. The van der Waals surface area contributed by atoms with Crippen LogP contribution in [0.25, 0.3) is 0 Å². The van der Waals surface area contributed by atoms with Crippen LogP contribution in [0.2, 0.25) is 0 Å². The lowest BCUT2D eigenvalue weighted by Crippen LogP contribution is -2.28. The van der Waals surface area contributed by atoms with E-state index >= 15 is 0 Å². The highest BCUT2D eigenvalue weighted by Gasteiger charge is 2.08. The number of ether oxygens (including phenoxy) is 1. The highest BCUT2D eigenvalue weighted by Crippen LogP contribution is 2.24. The van der Waals surface area contributed by atoms with Crippen LogP contribution in [-0.4, -0.2) is 19.2 Å². The second-order valence-electron chi connectivity index (χ2n) is 5.06. The second kappa shape index (κ2) is 7.81. The predicted molar refractivity (Wildman–Crippen MR) is 78.5 cm³/mol. The summed E-state index contributed by atoms with van der Waals surface area (Å²) in [5.74, 6) is 1.43. The summed E-state index contributed by atoms with van der Waals surface area (Å²) >= 11 is 0. The second-order valence-corrected chi connectivity index (χ2v) is 5.06. The Labute approximate surface area is 116 Å². The Balaban J connectivity index is 2.57. The molecule has 0 amide bonds. The normalized spacial score (nSPS) is 12.2. The number of hydrogen-bond donors (Lipinski definition) is 1. The van der Waals surface area contributed by atoms with Gasteiger partial charge in [-0.3, -0.25) is 0 Å². The number of benzene rings is 1. The number of aryl methyl sites for hydroxylation is 1. The smallest absolute Gasteiger partial charge is 0.122 e. The molecule has 3 heteroatoms. The van der Waals surface area contributed by atoms with Gasteiger partial charge in [0, 0.05) is 6.42 Å². The zero-order valence-corrected chi connectivity index (χ0v) is 12.4. The van der Waals surface area contributed by atoms with E-state index in [4.69, 9.17) is 10.00 Å². The van der Waals surface area contributed by atoms with Crippen LogP contribution >= 0.6 is 0 Å². The van der Waals surface area contributed by atoms with E-state index < -0.39 is 0 Å². The van der Waals surface area contributed by atoms with Crippen molar-refractivity contribution in [3.63, 3.8) is 0 Å². The van der Waals surface area contributed by atoms with Crippen molar-refractivity contribution in [2.75, 3.05) is 13.2 Å². The van der Waals surface area contributed by atoms with Gasteiger partial charge in [0.05, 0.1) is 18.7 Å². The Kier molecular flexibility index (Phi) is 6.38. The van der Waals surface area contributed by atoms with Gasteiger partial charge in [0.15, 0.2) is 0 Å². The topological polar surface area (TPSA) is 45.0 Å². The minimum Gasteiger partial charge on any atom is -0.493 e. The molecule has 104 valence electrons. The van der Waals surface area contributed by atoms with Crippen molar-refractivity contribution < 1.29 is 4.74 Å². The summed E-state index contributed by atoms with van der Waals surface area (Å²) in [6.45, 7) is 9.76. The molecule has 0 aromatic heterocycles. The standard InChI is InChI=1S/C16H24N2O/c1-5-18-15(11-17)8-9-19-16-10-14(12(2)3)7-6-13(16)4/h6-7,10,12,15,18H,5,8-9H2,1-4H3. The molecule has 1 N–H and O–H groups in total. The van der Waals surface area contributed by atoms with Crippen LogP contribution in [0.3, 0.4) is 0 Å². The molecule has 0 spiro atoms. The fourth-order valence-corrected chi connectivity index (χ4v) is 1.88. The summed E-state index contributed by atoms with van der Waals surface area (Å²) < 4.78 is 5.82. The van der Waals surface area contributed by atoms with Gasteiger partial charge in [0.1, 0.15) is 5.75 Å². The van der Waals surface area contributed by atoms with Gasteiger partial charge in [-0.25, -0.2) is 0 Å². The van der Waals surface area contributed by atoms with E-state index in [2.05, 4.69) is 43.4 Å². The van der Waals surface area contributed by atoms with Gasteiger partial charge in [0.25, 0.3) is 0 Å². The maximum Gasteiger partial charge on any atom is 0.122 e. The van der Waals surface area contributed by atoms with Gasteiger partial charge in [-0.1, -0.05) is 32.9 Å². The first-order valence-corrected chi connectivity index (χ1v) is 6.94. The largest absolute Gasteiger partial charge is 0.493 e. The summed E-state index contributed by atoms with van der Waals surface area (Å²) in [6.07, 6.45) is 0.704.